The normalized spacial score (nSPS) is 12.7. The maximum atomic E-state index is 12.2. The van der Waals surface area contributed by atoms with Crippen molar-refractivity contribution in [2.45, 2.75) is 145 Å². The average Bonchev–Trinajstić information content (AvgIpc) is 3.51. The number of nitrogens with zero attached hydrogens (tertiary/aromatic N) is 2. The molecule has 1 heterocycles. The number of hydrogen-bond donors (Lipinski definition) is 0. The van der Waals surface area contributed by atoms with E-state index in [4.69, 9.17) is 7.76 Å². The van der Waals surface area contributed by atoms with E-state index in [1.165, 1.54) is 81.3 Å². The molecule has 0 saturated carbocycles. The van der Waals surface area contributed by atoms with Crippen LogP contribution in [0.25, 0.3) is 16.9 Å². The molecule has 0 amide bonds. The standard InChI is InChI=1S/C38H56N2.2C6H6O.Ni/c1-9-17-19-20-22-36-35(21-18-10-2)37(31-23-27(11-3)33(15-7)28(12-4)24-31)40(39)38(36)32-25-29(13-5)34(16-8)30(14-6)26-32;2*7-6-4-2-1-3-5-6;/h23-26H,9-22H2,1-8H3;2*1-5,7H;/q;;;+2/p-2. The van der Waals surface area contributed by atoms with Gasteiger partial charge < -0.3 is 5.53 Å². The topological polar surface area (TPSA) is 43.8 Å². The fraction of sp³-hybridized carbons (Fsp3) is 0.440. The van der Waals surface area contributed by atoms with Crippen LogP contribution in [0.5, 0.6) is 11.5 Å². The van der Waals surface area contributed by atoms with E-state index < -0.39 is 0 Å². The first-order chi connectivity index (χ1) is 26.9. The predicted octanol–water partition coefficient (Wildman–Crippen LogP) is 14.4. The fourth-order valence-electron chi connectivity index (χ4n) is 7.91. The van der Waals surface area contributed by atoms with E-state index in [0.29, 0.717) is 0 Å². The minimum absolute atomic E-state index is 0.777. The Kier molecular flexibility index (Phi) is 18.5. The monoisotopic (exact) mass is 784 g/mol. The molecule has 298 valence electrons. The van der Waals surface area contributed by atoms with Gasteiger partial charge in [0.1, 0.15) is 0 Å². The van der Waals surface area contributed by atoms with Crippen LogP contribution in [0.1, 0.15) is 151 Å². The predicted molar refractivity (Wildman–Crippen MR) is 229 cm³/mol. The summed E-state index contributed by atoms with van der Waals surface area (Å²) in [5, 5.41) is 0. The Balaban J connectivity index is 0.000000371. The van der Waals surface area contributed by atoms with Gasteiger partial charge in [0.25, 0.3) is 0 Å². The molecule has 0 fully saturated rings. The summed E-state index contributed by atoms with van der Waals surface area (Å²) in [6.45, 7) is 18.2. The first-order valence-corrected chi connectivity index (χ1v) is 22.0. The Morgan fingerprint density at radius 3 is 1.20 bits per heavy atom. The summed E-state index contributed by atoms with van der Waals surface area (Å²) in [5.74, 6) is 1.57. The molecule has 0 bridgehead atoms. The van der Waals surface area contributed by atoms with Gasteiger partial charge in [-0.2, -0.15) is 0 Å². The Hall–Kier alpha value is -3.95. The quantitative estimate of drug-likeness (QED) is 0.0509. The SMILES string of the molecule is CCCCCCC1=C(c2cc(CC)c(CC)c(CC)c2)[N+](=[N-])C(c2cc(CC)c(CC)c(CC)c2)=C1CCCC.c1ccc([O][Ni][O]c2ccccc2)cc1. The molecule has 0 radical (unpaired) electrons. The van der Waals surface area contributed by atoms with Gasteiger partial charge in [-0.05, 0) is 122 Å². The van der Waals surface area contributed by atoms with Crippen LogP contribution in [0.2, 0.25) is 0 Å². The van der Waals surface area contributed by atoms with Gasteiger partial charge in [0, 0.05) is 22.3 Å². The second-order valence-electron chi connectivity index (χ2n) is 14.4. The summed E-state index contributed by atoms with van der Waals surface area (Å²) in [6.07, 6.45) is 15.5. The third-order valence-corrected chi connectivity index (χ3v) is 11.4. The first-order valence-electron chi connectivity index (χ1n) is 21.2. The summed E-state index contributed by atoms with van der Waals surface area (Å²) >= 11 is 0.777. The summed E-state index contributed by atoms with van der Waals surface area (Å²) in [7, 11) is 0. The zero-order chi connectivity index (χ0) is 39.6. The molecular weight excluding hydrogens is 719 g/mol. The zero-order valence-corrected chi connectivity index (χ0v) is 36.0. The van der Waals surface area contributed by atoms with Gasteiger partial charge in [0.2, 0.25) is 11.4 Å². The first kappa shape index (κ1) is 43.8. The molecule has 55 heavy (non-hydrogen) atoms. The van der Waals surface area contributed by atoms with Crippen LogP contribution in [0.3, 0.4) is 0 Å². The number of para-hydroxylation sites is 2. The Morgan fingerprint density at radius 2 is 0.855 bits per heavy atom. The van der Waals surface area contributed by atoms with Gasteiger partial charge in [0.15, 0.2) is 0 Å². The molecule has 0 saturated heterocycles. The number of aryl methyl sites for hydroxylation is 4. The Bertz CT molecular complexity index is 1790. The van der Waals surface area contributed by atoms with E-state index >= 15 is 0 Å². The maximum absolute atomic E-state index is 12.2. The molecule has 0 aliphatic carbocycles. The van der Waals surface area contributed by atoms with Crippen LogP contribution in [0.15, 0.2) is 96.1 Å². The molecule has 1 aliphatic rings. The van der Waals surface area contributed by atoms with Crippen LogP contribution in [0.4, 0.5) is 0 Å². The molecule has 5 rings (SSSR count). The molecule has 0 unspecified atom stereocenters. The third kappa shape index (κ3) is 11.5. The molecule has 4 aromatic carbocycles. The van der Waals surface area contributed by atoms with Crippen molar-refractivity contribution in [1.29, 1.82) is 0 Å². The van der Waals surface area contributed by atoms with Crippen molar-refractivity contribution in [3.05, 3.63) is 146 Å². The van der Waals surface area contributed by atoms with E-state index in [1.807, 2.05) is 60.7 Å². The van der Waals surface area contributed by atoms with Crippen molar-refractivity contribution in [1.82, 2.24) is 0 Å². The van der Waals surface area contributed by atoms with E-state index in [0.717, 1.165) is 102 Å². The molecule has 4 nitrogen and oxygen atoms in total. The Labute approximate surface area is 340 Å². The second kappa shape index (κ2) is 23.2. The molecule has 0 spiro atoms. The summed E-state index contributed by atoms with van der Waals surface area (Å²) < 4.78 is 12.3. The van der Waals surface area contributed by atoms with Crippen molar-refractivity contribution >= 4 is 11.4 Å². The fourth-order valence-corrected chi connectivity index (χ4v) is 8.41. The van der Waals surface area contributed by atoms with E-state index in [9.17, 15) is 5.53 Å². The third-order valence-electron chi connectivity index (χ3n) is 10.8. The summed E-state index contributed by atoms with van der Waals surface area (Å²) in [6, 6.07) is 28.6. The van der Waals surface area contributed by atoms with Crippen molar-refractivity contribution < 1.29 is 27.5 Å². The second-order valence-corrected chi connectivity index (χ2v) is 14.9. The van der Waals surface area contributed by atoms with E-state index in [2.05, 4.69) is 79.7 Å². The molecule has 1 aliphatic heterocycles. The van der Waals surface area contributed by atoms with Crippen LogP contribution < -0.4 is 7.76 Å². The summed E-state index contributed by atoms with van der Waals surface area (Å²) in [4.78, 5) is 0. The van der Waals surface area contributed by atoms with E-state index in [-0.39, 0.29) is 0 Å². The van der Waals surface area contributed by atoms with Crippen LogP contribution in [-0.4, -0.2) is 4.70 Å². The number of rotatable bonds is 20. The molecular formula is C50H66N2NiO2. The van der Waals surface area contributed by atoms with Gasteiger partial charge >= 0.3 is 95.0 Å². The number of benzene rings is 4. The average molecular weight is 786 g/mol. The van der Waals surface area contributed by atoms with Gasteiger partial charge in [0.05, 0.1) is 0 Å². The van der Waals surface area contributed by atoms with Crippen molar-refractivity contribution in [3.8, 4) is 11.5 Å². The number of hydrogen-bond acceptors (Lipinski definition) is 2. The Morgan fingerprint density at radius 1 is 0.473 bits per heavy atom. The summed E-state index contributed by atoms with van der Waals surface area (Å²) in [5.41, 5.74) is 28.2. The van der Waals surface area contributed by atoms with Crippen molar-refractivity contribution in [2.24, 2.45) is 0 Å². The number of allylic oxidation sites excluding steroid dienone is 2. The van der Waals surface area contributed by atoms with Gasteiger partial charge in [-0.15, -0.1) is 0 Å². The van der Waals surface area contributed by atoms with Crippen LogP contribution in [0, 0.1) is 0 Å². The van der Waals surface area contributed by atoms with Crippen LogP contribution in [-0.2, 0) is 53.6 Å². The molecule has 5 heteroatoms. The number of unbranched alkanes of at least 4 members (excludes halogenated alkanes) is 4. The zero-order valence-electron chi connectivity index (χ0n) is 35.0. The molecule has 0 atom stereocenters. The van der Waals surface area contributed by atoms with Crippen molar-refractivity contribution in [3.63, 3.8) is 0 Å². The van der Waals surface area contributed by atoms with Crippen LogP contribution >= 0.6 is 0 Å². The van der Waals surface area contributed by atoms with E-state index in [1.54, 1.807) is 4.70 Å². The molecule has 4 aromatic rings. The van der Waals surface area contributed by atoms with Gasteiger partial charge in [-0.25, -0.2) is 4.70 Å². The minimum atomic E-state index is 0.777. The van der Waals surface area contributed by atoms with Gasteiger partial charge in [-0.1, -0.05) is 81.1 Å². The van der Waals surface area contributed by atoms with Crippen molar-refractivity contribution in [2.75, 3.05) is 0 Å². The molecule has 0 N–H and O–H groups in total. The molecule has 0 aromatic heterocycles. The van der Waals surface area contributed by atoms with Gasteiger partial charge in [-0.3, -0.25) is 0 Å².